The Hall–Kier alpha value is -1.67. The number of benzene rings is 2. The second-order valence-corrected chi connectivity index (χ2v) is 5.64. The monoisotopic (exact) mass is 269 g/mol. The highest BCUT2D eigenvalue weighted by Gasteiger charge is 2.29. The Bertz CT molecular complexity index is 576. The molecule has 20 heavy (non-hydrogen) atoms. The van der Waals surface area contributed by atoms with Crippen LogP contribution in [-0.2, 0) is 0 Å². The SMILES string of the molecule is Cc1ccc(C2CCNCC2c2ccccc2F)cc1. The zero-order valence-electron chi connectivity index (χ0n) is 11.8. The summed E-state index contributed by atoms with van der Waals surface area (Å²) in [5.41, 5.74) is 3.43. The molecule has 0 aliphatic carbocycles. The molecule has 0 saturated carbocycles. The van der Waals surface area contributed by atoms with Gasteiger partial charge in [0.25, 0.3) is 0 Å². The van der Waals surface area contributed by atoms with Gasteiger partial charge in [0, 0.05) is 12.5 Å². The first kappa shape index (κ1) is 13.3. The fourth-order valence-corrected chi connectivity index (χ4v) is 3.17. The molecule has 2 atom stereocenters. The van der Waals surface area contributed by atoms with Crippen molar-refractivity contribution in [2.75, 3.05) is 13.1 Å². The van der Waals surface area contributed by atoms with E-state index in [2.05, 4.69) is 36.5 Å². The van der Waals surface area contributed by atoms with Crippen LogP contribution < -0.4 is 5.32 Å². The number of halogens is 1. The molecule has 1 nitrogen and oxygen atoms in total. The van der Waals surface area contributed by atoms with Crippen molar-refractivity contribution in [1.82, 2.24) is 5.32 Å². The lowest BCUT2D eigenvalue weighted by Crippen LogP contribution is -2.34. The molecular formula is C18H20FN. The highest BCUT2D eigenvalue weighted by molar-refractivity contribution is 5.32. The van der Waals surface area contributed by atoms with E-state index in [9.17, 15) is 4.39 Å². The van der Waals surface area contributed by atoms with E-state index >= 15 is 0 Å². The van der Waals surface area contributed by atoms with Crippen LogP contribution in [0.2, 0.25) is 0 Å². The summed E-state index contributed by atoms with van der Waals surface area (Å²) in [5, 5.41) is 3.40. The van der Waals surface area contributed by atoms with Gasteiger partial charge in [-0.1, -0.05) is 48.0 Å². The number of piperidine rings is 1. The summed E-state index contributed by atoms with van der Waals surface area (Å²) in [5.74, 6) is 0.528. The first-order valence-electron chi connectivity index (χ1n) is 7.27. The minimum atomic E-state index is -0.0849. The van der Waals surface area contributed by atoms with Gasteiger partial charge in [0.05, 0.1) is 0 Å². The average Bonchev–Trinajstić information content (AvgIpc) is 2.49. The van der Waals surface area contributed by atoms with Gasteiger partial charge in [-0.2, -0.15) is 0 Å². The van der Waals surface area contributed by atoms with Gasteiger partial charge in [0.2, 0.25) is 0 Å². The zero-order chi connectivity index (χ0) is 13.9. The summed E-state index contributed by atoms with van der Waals surface area (Å²) in [7, 11) is 0. The van der Waals surface area contributed by atoms with E-state index in [1.54, 1.807) is 12.1 Å². The molecule has 1 saturated heterocycles. The highest BCUT2D eigenvalue weighted by atomic mass is 19.1. The molecule has 1 aliphatic rings. The van der Waals surface area contributed by atoms with Crippen LogP contribution in [0.15, 0.2) is 48.5 Å². The lowest BCUT2D eigenvalue weighted by Gasteiger charge is -2.33. The molecule has 0 amide bonds. The highest BCUT2D eigenvalue weighted by Crippen LogP contribution is 2.38. The summed E-state index contributed by atoms with van der Waals surface area (Å²) in [6.07, 6.45) is 1.06. The Morgan fingerprint density at radius 3 is 2.50 bits per heavy atom. The van der Waals surface area contributed by atoms with Gasteiger partial charge in [-0.05, 0) is 43.0 Å². The lowest BCUT2D eigenvalue weighted by molar-refractivity contribution is 0.393. The van der Waals surface area contributed by atoms with Crippen molar-refractivity contribution in [3.63, 3.8) is 0 Å². The van der Waals surface area contributed by atoms with Gasteiger partial charge in [-0.15, -0.1) is 0 Å². The van der Waals surface area contributed by atoms with Crippen molar-refractivity contribution in [3.8, 4) is 0 Å². The molecule has 2 heteroatoms. The van der Waals surface area contributed by atoms with Gasteiger partial charge >= 0.3 is 0 Å². The number of hydrogen-bond acceptors (Lipinski definition) is 1. The summed E-state index contributed by atoms with van der Waals surface area (Å²) < 4.78 is 14.1. The lowest BCUT2D eigenvalue weighted by atomic mass is 9.77. The molecule has 1 aliphatic heterocycles. The summed E-state index contributed by atoms with van der Waals surface area (Å²) in [6, 6.07) is 15.9. The number of rotatable bonds is 2. The van der Waals surface area contributed by atoms with E-state index in [0.29, 0.717) is 5.92 Å². The topological polar surface area (TPSA) is 12.0 Å². The molecule has 2 aromatic rings. The van der Waals surface area contributed by atoms with Gasteiger partial charge < -0.3 is 5.32 Å². The molecule has 0 radical (unpaired) electrons. The Labute approximate surface area is 119 Å². The minimum Gasteiger partial charge on any atom is -0.316 e. The molecule has 0 bridgehead atoms. The molecular weight excluding hydrogens is 249 g/mol. The van der Waals surface area contributed by atoms with Crippen LogP contribution in [0.1, 0.15) is 34.9 Å². The molecule has 104 valence electrons. The van der Waals surface area contributed by atoms with E-state index in [4.69, 9.17) is 0 Å². The van der Waals surface area contributed by atoms with Crippen LogP contribution in [0.3, 0.4) is 0 Å². The van der Waals surface area contributed by atoms with E-state index in [-0.39, 0.29) is 11.7 Å². The van der Waals surface area contributed by atoms with Gasteiger partial charge in [-0.3, -0.25) is 0 Å². The standard InChI is InChI=1S/C18H20FN/c1-13-6-8-14(9-7-13)15-10-11-20-12-17(15)16-4-2-3-5-18(16)19/h2-9,15,17,20H,10-12H2,1H3. The Morgan fingerprint density at radius 2 is 1.75 bits per heavy atom. The van der Waals surface area contributed by atoms with Crippen LogP contribution in [0.5, 0.6) is 0 Å². The van der Waals surface area contributed by atoms with Gasteiger partial charge in [0.1, 0.15) is 5.82 Å². The molecule has 0 spiro atoms. The predicted octanol–water partition coefficient (Wildman–Crippen LogP) is 3.99. The van der Waals surface area contributed by atoms with Crippen LogP contribution >= 0.6 is 0 Å². The van der Waals surface area contributed by atoms with Crippen LogP contribution in [0.4, 0.5) is 4.39 Å². The fraction of sp³-hybridized carbons (Fsp3) is 0.333. The average molecular weight is 269 g/mol. The van der Waals surface area contributed by atoms with Crippen LogP contribution in [-0.4, -0.2) is 13.1 Å². The maximum Gasteiger partial charge on any atom is 0.126 e. The molecule has 1 heterocycles. The van der Waals surface area contributed by atoms with Crippen molar-refractivity contribution in [1.29, 1.82) is 0 Å². The molecule has 1 N–H and O–H groups in total. The first-order chi connectivity index (χ1) is 9.75. The second kappa shape index (κ2) is 5.76. The van der Waals surface area contributed by atoms with Crippen LogP contribution in [0, 0.1) is 12.7 Å². The predicted molar refractivity (Wildman–Crippen MR) is 80.5 cm³/mol. The molecule has 1 fully saturated rings. The Balaban J connectivity index is 1.95. The quantitative estimate of drug-likeness (QED) is 0.869. The van der Waals surface area contributed by atoms with Crippen molar-refractivity contribution < 1.29 is 4.39 Å². The largest absolute Gasteiger partial charge is 0.316 e. The second-order valence-electron chi connectivity index (χ2n) is 5.64. The number of hydrogen-bond donors (Lipinski definition) is 1. The molecule has 2 aromatic carbocycles. The molecule has 0 aromatic heterocycles. The Kier molecular flexibility index (Phi) is 3.83. The van der Waals surface area contributed by atoms with Gasteiger partial charge in [0.15, 0.2) is 0 Å². The van der Waals surface area contributed by atoms with E-state index in [1.807, 2.05) is 12.1 Å². The summed E-state index contributed by atoms with van der Waals surface area (Å²) in [4.78, 5) is 0. The molecule has 3 rings (SSSR count). The Morgan fingerprint density at radius 1 is 1.00 bits per heavy atom. The van der Waals surface area contributed by atoms with Crippen molar-refractivity contribution in [3.05, 3.63) is 71.0 Å². The van der Waals surface area contributed by atoms with Gasteiger partial charge in [-0.25, -0.2) is 4.39 Å². The number of aryl methyl sites for hydroxylation is 1. The first-order valence-corrected chi connectivity index (χ1v) is 7.27. The van der Waals surface area contributed by atoms with E-state index in [0.717, 1.165) is 25.1 Å². The minimum absolute atomic E-state index is 0.0849. The fourth-order valence-electron chi connectivity index (χ4n) is 3.17. The normalized spacial score (nSPS) is 22.7. The zero-order valence-corrected chi connectivity index (χ0v) is 11.8. The third kappa shape index (κ3) is 2.61. The third-order valence-electron chi connectivity index (χ3n) is 4.29. The van der Waals surface area contributed by atoms with Crippen molar-refractivity contribution in [2.24, 2.45) is 0 Å². The molecule has 2 unspecified atom stereocenters. The number of nitrogens with one attached hydrogen (secondary N) is 1. The van der Waals surface area contributed by atoms with E-state index < -0.39 is 0 Å². The van der Waals surface area contributed by atoms with E-state index in [1.165, 1.54) is 11.1 Å². The maximum atomic E-state index is 14.1. The van der Waals surface area contributed by atoms with Crippen LogP contribution in [0.25, 0.3) is 0 Å². The summed E-state index contributed by atoms with van der Waals surface area (Å²) in [6.45, 7) is 3.95. The third-order valence-corrected chi connectivity index (χ3v) is 4.29. The van der Waals surface area contributed by atoms with Crippen molar-refractivity contribution in [2.45, 2.75) is 25.2 Å². The summed E-state index contributed by atoms with van der Waals surface area (Å²) >= 11 is 0. The smallest absolute Gasteiger partial charge is 0.126 e. The maximum absolute atomic E-state index is 14.1. The van der Waals surface area contributed by atoms with Crippen molar-refractivity contribution >= 4 is 0 Å².